The summed E-state index contributed by atoms with van der Waals surface area (Å²) in [4.78, 5) is 0.249. The molecule has 1 fully saturated rings. The number of sulfonamides is 1. The highest BCUT2D eigenvalue weighted by Gasteiger charge is 2.29. The van der Waals surface area contributed by atoms with Crippen molar-refractivity contribution in [3.63, 3.8) is 0 Å². The summed E-state index contributed by atoms with van der Waals surface area (Å²) in [5.74, 6) is 0.993. The van der Waals surface area contributed by atoms with Crippen LogP contribution in [0.4, 0.5) is 0 Å². The standard InChI is InChI=1S/C14H21NO4S/c1-10-9-12(19-2)5-6-14(10)20(17,18)15-8-7-13(16)11-3-4-11/h5-6,9,11,13,15-16H,3-4,7-8H2,1-2H3/t13-/m1/s1. The lowest BCUT2D eigenvalue weighted by Crippen LogP contribution is -2.28. The Morgan fingerprint density at radius 1 is 1.45 bits per heavy atom. The molecule has 1 saturated carbocycles. The number of aliphatic hydroxyl groups is 1. The number of hydrogen-bond acceptors (Lipinski definition) is 4. The van der Waals surface area contributed by atoms with Crippen molar-refractivity contribution in [2.45, 2.75) is 37.2 Å². The van der Waals surface area contributed by atoms with Gasteiger partial charge in [0.2, 0.25) is 10.0 Å². The summed E-state index contributed by atoms with van der Waals surface area (Å²) in [6.07, 6.45) is 2.16. The van der Waals surface area contributed by atoms with Gasteiger partial charge in [-0.25, -0.2) is 13.1 Å². The topological polar surface area (TPSA) is 75.6 Å². The maximum Gasteiger partial charge on any atom is 0.240 e. The molecule has 0 aromatic heterocycles. The molecule has 2 N–H and O–H groups in total. The van der Waals surface area contributed by atoms with Crippen LogP contribution in [0.2, 0.25) is 0 Å². The first-order chi connectivity index (χ1) is 9.44. The molecule has 0 amide bonds. The fraction of sp³-hybridized carbons (Fsp3) is 0.571. The zero-order chi connectivity index (χ0) is 14.8. The van der Waals surface area contributed by atoms with Gasteiger partial charge in [0.15, 0.2) is 0 Å². The molecule has 1 aliphatic carbocycles. The Morgan fingerprint density at radius 3 is 2.70 bits per heavy atom. The number of benzene rings is 1. The quantitative estimate of drug-likeness (QED) is 0.799. The number of rotatable bonds is 7. The average Bonchev–Trinajstić information content (AvgIpc) is 3.22. The molecule has 1 atom stereocenters. The fourth-order valence-corrected chi connectivity index (χ4v) is 3.46. The summed E-state index contributed by atoms with van der Waals surface area (Å²) in [6, 6.07) is 4.85. The highest BCUT2D eigenvalue weighted by atomic mass is 32.2. The highest BCUT2D eigenvalue weighted by molar-refractivity contribution is 7.89. The van der Waals surface area contributed by atoms with Crippen LogP contribution in [0, 0.1) is 12.8 Å². The van der Waals surface area contributed by atoms with Crippen molar-refractivity contribution in [3.8, 4) is 5.75 Å². The van der Waals surface area contributed by atoms with Gasteiger partial charge in [-0.05, 0) is 55.9 Å². The van der Waals surface area contributed by atoms with Gasteiger partial charge in [0.25, 0.3) is 0 Å². The second-order valence-electron chi connectivity index (χ2n) is 5.22. The lowest BCUT2D eigenvalue weighted by Gasteiger charge is -2.12. The van der Waals surface area contributed by atoms with Crippen LogP contribution in [-0.2, 0) is 10.0 Å². The summed E-state index contributed by atoms with van der Waals surface area (Å²) >= 11 is 0. The Hall–Kier alpha value is -1.11. The molecule has 0 unspecified atom stereocenters. The summed E-state index contributed by atoms with van der Waals surface area (Å²) in [5.41, 5.74) is 0.639. The Kier molecular flexibility index (Phi) is 4.67. The van der Waals surface area contributed by atoms with Crippen LogP contribution >= 0.6 is 0 Å². The SMILES string of the molecule is COc1ccc(S(=O)(=O)NCC[C@@H](O)C2CC2)c(C)c1. The molecule has 112 valence electrons. The van der Waals surface area contributed by atoms with Gasteiger partial charge in [0, 0.05) is 6.54 Å². The van der Waals surface area contributed by atoms with Crippen LogP contribution in [0.15, 0.2) is 23.1 Å². The molecule has 5 nitrogen and oxygen atoms in total. The maximum atomic E-state index is 12.2. The van der Waals surface area contributed by atoms with E-state index in [0.29, 0.717) is 23.7 Å². The summed E-state index contributed by atoms with van der Waals surface area (Å²) in [6.45, 7) is 1.99. The van der Waals surface area contributed by atoms with Crippen LogP contribution in [-0.4, -0.2) is 33.3 Å². The van der Waals surface area contributed by atoms with Gasteiger partial charge in [-0.2, -0.15) is 0 Å². The number of ether oxygens (including phenoxy) is 1. The highest BCUT2D eigenvalue weighted by Crippen LogP contribution is 2.33. The molecule has 1 aliphatic rings. The smallest absolute Gasteiger partial charge is 0.240 e. The second-order valence-corrected chi connectivity index (χ2v) is 6.96. The van der Waals surface area contributed by atoms with Crippen molar-refractivity contribution < 1.29 is 18.3 Å². The van der Waals surface area contributed by atoms with E-state index in [1.807, 2.05) is 0 Å². The van der Waals surface area contributed by atoms with E-state index in [1.165, 1.54) is 6.07 Å². The molecule has 0 aliphatic heterocycles. The molecule has 2 rings (SSSR count). The predicted octanol–water partition coefficient (Wildman–Crippen LogP) is 1.44. The predicted molar refractivity (Wildman–Crippen MR) is 76.3 cm³/mol. The van der Waals surface area contributed by atoms with Crippen molar-refractivity contribution in [2.75, 3.05) is 13.7 Å². The van der Waals surface area contributed by atoms with E-state index in [0.717, 1.165) is 12.8 Å². The Labute approximate surface area is 120 Å². The molecule has 20 heavy (non-hydrogen) atoms. The lowest BCUT2D eigenvalue weighted by atomic mass is 10.2. The molecule has 0 saturated heterocycles. The van der Waals surface area contributed by atoms with Gasteiger partial charge in [0.1, 0.15) is 5.75 Å². The molecule has 0 heterocycles. The van der Waals surface area contributed by atoms with Gasteiger partial charge in [-0.3, -0.25) is 0 Å². The maximum absolute atomic E-state index is 12.2. The number of aryl methyl sites for hydroxylation is 1. The first kappa shape index (κ1) is 15.3. The largest absolute Gasteiger partial charge is 0.497 e. The van der Waals surface area contributed by atoms with Crippen molar-refractivity contribution in [2.24, 2.45) is 5.92 Å². The van der Waals surface area contributed by atoms with Gasteiger partial charge < -0.3 is 9.84 Å². The number of methoxy groups -OCH3 is 1. The normalized spacial score (nSPS) is 16.9. The Balaban J connectivity index is 1.98. The van der Waals surface area contributed by atoms with Crippen LogP contribution in [0.3, 0.4) is 0 Å². The number of hydrogen-bond donors (Lipinski definition) is 2. The van der Waals surface area contributed by atoms with Gasteiger partial charge >= 0.3 is 0 Å². The van der Waals surface area contributed by atoms with Gasteiger partial charge in [-0.1, -0.05) is 0 Å². The first-order valence-electron chi connectivity index (χ1n) is 6.76. The van der Waals surface area contributed by atoms with Crippen molar-refractivity contribution in [1.29, 1.82) is 0 Å². The molecule has 1 aromatic rings. The molecular formula is C14H21NO4S. The van der Waals surface area contributed by atoms with E-state index in [9.17, 15) is 13.5 Å². The molecular weight excluding hydrogens is 278 g/mol. The van der Waals surface area contributed by atoms with E-state index in [4.69, 9.17) is 4.74 Å². The van der Waals surface area contributed by atoms with E-state index in [-0.39, 0.29) is 11.4 Å². The number of aliphatic hydroxyl groups excluding tert-OH is 1. The van der Waals surface area contributed by atoms with Crippen LogP contribution in [0.1, 0.15) is 24.8 Å². The van der Waals surface area contributed by atoms with Crippen molar-refractivity contribution in [3.05, 3.63) is 23.8 Å². The molecule has 6 heteroatoms. The van der Waals surface area contributed by atoms with E-state index < -0.39 is 16.1 Å². The zero-order valence-corrected chi connectivity index (χ0v) is 12.6. The second kappa shape index (κ2) is 6.11. The Morgan fingerprint density at radius 2 is 2.15 bits per heavy atom. The molecule has 1 aromatic carbocycles. The van der Waals surface area contributed by atoms with E-state index in [2.05, 4.69) is 4.72 Å². The van der Waals surface area contributed by atoms with E-state index >= 15 is 0 Å². The van der Waals surface area contributed by atoms with E-state index in [1.54, 1.807) is 26.2 Å². The molecule has 0 bridgehead atoms. The summed E-state index contributed by atoms with van der Waals surface area (Å²) in [5, 5.41) is 9.73. The summed E-state index contributed by atoms with van der Waals surface area (Å²) < 4.78 is 32.0. The minimum atomic E-state index is -3.53. The Bertz CT molecular complexity index is 567. The third kappa shape index (κ3) is 3.71. The molecule has 0 radical (unpaired) electrons. The molecule has 0 spiro atoms. The van der Waals surface area contributed by atoms with Gasteiger partial charge in [0.05, 0.1) is 18.1 Å². The average molecular weight is 299 g/mol. The first-order valence-corrected chi connectivity index (χ1v) is 8.24. The number of nitrogens with one attached hydrogen (secondary N) is 1. The summed E-state index contributed by atoms with van der Waals surface area (Å²) in [7, 11) is -1.99. The zero-order valence-electron chi connectivity index (χ0n) is 11.8. The third-order valence-corrected chi connectivity index (χ3v) is 5.19. The lowest BCUT2D eigenvalue weighted by molar-refractivity contribution is 0.143. The van der Waals surface area contributed by atoms with Gasteiger partial charge in [-0.15, -0.1) is 0 Å². The third-order valence-electron chi connectivity index (χ3n) is 3.57. The minimum Gasteiger partial charge on any atom is -0.497 e. The minimum absolute atomic E-state index is 0.249. The van der Waals surface area contributed by atoms with Crippen molar-refractivity contribution in [1.82, 2.24) is 4.72 Å². The van der Waals surface area contributed by atoms with Crippen LogP contribution < -0.4 is 9.46 Å². The fourth-order valence-electron chi connectivity index (χ4n) is 2.19. The van der Waals surface area contributed by atoms with Crippen LogP contribution in [0.5, 0.6) is 5.75 Å². The monoisotopic (exact) mass is 299 g/mol. The van der Waals surface area contributed by atoms with Crippen molar-refractivity contribution >= 4 is 10.0 Å². The van der Waals surface area contributed by atoms with Crippen LogP contribution in [0.25, 0.3) is 0 Å².